The molecule has 34 heavy (non-hydrogen) atoms. The topological polar surface area (TPSA) is 66.9 Å². The van der Waals surface area contributed by atoms with E-state index in [-0.39, 0.29) is 16.8 Å². The lowest BCUT2D eigenvalue weighted by molar-refractivity contribution is -0.184. The first-order chi connectivity index (χ1) is 15.9. The molecular formula is C21H11Cl2F6N5. The highest BCUT2D eigenvalue weighted by molar-refractivity contribution is 6.42. The van der Waals surface area contributed by atoms with Crippen molar-refractivity contribution >= 4 is 28.9 Å². The molecule has 1 unspecified atom stereocenters. The fourth-order valence-electron chi connectivity index (χ4n) is 3.78. The summed E-state index contributed by atoms with van der Waals surface area (Å²) in [7, 11) is 0. The monoisotopic (exact) mass is 517 g/mol. The van der Waals surface area contributed by atoms with Crippen LogP contribution < -0.4 is 0 Å². The first-order valence-corrected chi connectivity index (χ1v) is 10.2. The van der Waals surface area contributed by atoms with E-state index in [1.54, 1.807) is 0 Å². The normalized spacial score (nSPS) is 18.6. The number of benzene rings is 2. The quantitative estimate of drug-likeness (QED) is 0.391. The minimum atomic E-state index is -5.01. The van der Waals surface area contributed by atoms with E-state index in [2.05, 4.69) is 15.1 Å². The molecule has 4 rings (SSSR count). The first-order valence-electron chi connectivity index (χ1n) is 9.44. The minimum Gasteiger partial charge on any atom is -0.288 e. The lowest BCUT2D eigenvalue weighted by Crippen LogP contribution is -2.44. The van der Waals surface area contributed by atoms with Gasteiger partial charge in [-0.15, -0.1) is 0 Å². The number of aliphatic imine (C=N–C) groups is 1. The molecule has 0 spiro atoms. The van der Waals surface area contributed by atoms with Crippen LogP contribution in [0.5, 0.6) is 0 Å². The minimum absolute atomic E-state index is 0.0152. The average Bonchev–Trinajstić information content (AvgIpc) is 3.45. The Morgan fingerprint density at radius 1 is 1.06 bits per heavy atom. The Labute approximate surface area is 198 Å². The van der Waals surface area contributed by atoms with Crippen molar-refractivity contribution in [2.75, 3.05) is 6.54 Å². The third-order valence-corrected chi connectivity index (χ3v) is 6.36. The Morgan fingerprint density at radius 3 is 2.38 bits per heavy atom. The molecule has 5 nitrogen and oxygen atoms in total. The predicted molar refractivity (Wildman–Crippen MR) is 111 cm³/mol. The second-order valence-electron chi connectivity index (χ2n) is 7.52. The number of nitrogens with zero attached hydrogens (tertiary/aromatic N) is 5. The predicted octanol–water partition coefficient (Wildman–Crippen LogP) is 6.16. The van der Waals surface area contributed by atoms with E-state index in [9.17, 15) is 31.6 Å². The maximum Gasteiger partial charge on any atom is 0.417 e. The van der Waals surface area contributed by atoms with Crippen LogP contribution >= 0.6 is 23.2 Å². The average molecular weight is 518 g/mol. The second-order valence-corrected chi connectivity index (χ2v) is 8.31. The Kier molecular flexibility index (Phi) is 5.86. The van der Waals surface area contributed by atoms with Crippen LogP contribution in [0.1, 0.15) is 28.7 Å². The van der Waals surface area contributed by atoms with Crippen molar-refractivity contribution in [3.05, 3.63) is 75.3 Å². The Balaban J connectivity index is 1.78. The zero-order chi connectivity index (χ0) is 24.9. The van der Waals surface area contributed by atoms with Gasteiger partial charge in [0.25, 0.3) is 0 Å². The van der Waals surface area contributed by atoms with Crippen molar-refractivity contribution < 1.29 is 26.3 Å². The number of rotatable bonds is 3. The van der Waals surface area contributed by atoms with Crippen molar-refractivity contribution in [1.29, 1.82) is 5.26 Å². The molecule has 2 aromatic carbocycles. The number of halogens is 8. The highest BCUT2D eigenvalue weighted by Gasteiger charge is 2.59. The third kappa shape index (κ3) is 4.01. The molecule has 13 heteroatoms. The molecule has 0 saturated heterocycles. The zero-order valence-electron chi connectivity index (χ0n) is 16.7. The van der Waals surface area contributed by atoms with Gasteiger partial charge in [-0.1, -0.05) is 29.3 Å². The van der Waals surface area contributed by atoms with Crippen molar-refractivity contribution in [2.24, 2.45) is 4.99 Å². The highest BCUT2D eigenvalue weighted by atomic mass is 35.5. The van der Waals surface area contributed by atoms with Crippen LogP contribution in [-0.2, 0) is 11.6 Å². The maximum atomic E-state index is 14.3. The van der Waals surface area contributed by atoms with Crippen molar-refractivity contribution in [1.82, 2.24) is 14.8 Å². The molecule has 0 saturated carbocycles. The number of hydrogen-bond acceptors (Lipinski definition) is 4. The lowest BCUT2D eigenvalue weighted by atomic mass is 9.76. The van der Waals surface area contributed by atoms with Gasteiger partial charge in [-0.3, -0.25) is 4.99 Å². The van der Waals surface area contributed by atoms with Crippen LogP contribution in [0.4, 0.5) is 26.3 Å². The van der Waals surface area contributed by atoms with Crippen molar-refractivity contribution in [3.8, 4) is 11.8 Å². The fourth-order valence-corrected chi connectivity index (χ4v) is 4.21. The summed E-state index contributed by atoms with van der Waals surface area (Å²) in [5, 5.41) is 11.9. The van der Waals surface area contributed by atoms with Crippen LogP contribution in [0.3, 0.4) is 0 Å². The SMILES string of the molecule is N#Cc1cc(C2=NCC(c3cc(Cl)c(Cl)c(C(F)(F)F)c3)(C(F)(F)F)C2)ccc1-n1cncn1. The number of aromatic nitrogens is 3. The lowest BCUT2D eigenvalue weighted by Gasteiger charge is -2.32. The molecule has 3 aromatic rings. The number of nitriles is 1. The van der Waals surface area contributed by atoms with E-state index in [4.69, 9.17) is 23.2 Å². The molecule has 0 bridgehead atoms. The van der Waals surface area contributed by atoms with Gasteiger partial charge in [0, 0.05) is 12.1 Å². The van der Waals surface area contributed by atoms with Gasteiger partial charge in [-0.05, 0) is 35.4 Å². The Morgan fingerprint density at radius 2 is 1.79 bits per heavy atom. The van der Waals surface area contributed by atoms with E-state index in [0.29, 0.717) is 11.8 Å². The molecule has 2 heterocycles. The van der Waals surface area contributed by atoms with Gasteiger partial charge in [0.1, 0.15) is 24.1 Å². The smallest absolute Gasteiger partial charge is 0.288 e. The van der Waals surface area contributed by atoms with E-state index in [0.717, 1.165) is 6.07 Å². The largest absolute Gasteiger partial charge is 0.417 e. The molecule has 0 fully saturated rings. The summed E-state index contributed by atoms with van der Waals surface area (Å²) in [5.74, 6) is 0. The summed E-state index contributed by atoms with van der Waals surface area (Å²) >= 11 is 11.4. The molecule has 0 amide bonds. The standard InChI is InChI=1S/C21H11Cl2F6N5/c22-15-5-13(4-14(18(15)23)20(24,25)26)19(21(27,28)29)6-16(32-8-19)11-1-2-17(12(3-11)7-30)34-10-31-9-33-34/h1-5,9-10H,6,8H2. The summed E-state index contributed by atoms with van der Waals surface area (Å²) in [4.78, 5) is 7.79. The number of hydrogen-bond donors (Lipinski definition) is 0. The van der Waals surface area contributed by atoms with Crippen LogP contribution in [0.2, 0.25) is 10.0 Å². The molecule has 1 atom stereocenters. The van der Waals surface area contributed by atoms with Gasteiger partial charge in [-0.25, -0.2) is 9.67 Å². The Bertz CT molecular complexity index is 1330. The maximum absolute atomic E-state index is 14.3. The molecule has 176 valence electrons. The van der Waals surface area contributed by atoms with E-state index in [1.165, 1.54) is 35.5 Å². The molecule has 0 N–H and O–H groups in total. The molecule has 1 aliphatic heterocycles. The van der Waals surface area contributed by atoms with Crippen LogP contribution in [-0.4, -0.2) is 33.2 Å². The van der Waals surface area contributed by atoms with Crippen molar-refractivity contribution in [3.63, 3.8) is 0 Å². The highest BCUT2D eigenvalue weighted by Crippen LogP contribution is 2.50. The van der Waals surface area contributed by atoms with Gasteiger partial charge in [0.15, 0.2) is 0 Å². The Hall–Kier alpha value is -3.10. The zero-order valence-corrected chi connectivity index (χ0v) is 18.2. The molecular weight excluding hydrogens is 507 g/mol. The van der Waals surface area contributed by atoms with Crippen LogP contribution in [0.15, 0.2) is 48.0 Å². The summed E-state index contributed by atoms with van der Waals surface area (Å²) in [5.41, 5.74) is -4.25. The van der Waals surface area contributed by atoms with Gasteiger partial charge >= 0.3 is 12.4 Å². The van der Waals surface area contributed by atoms with Gasteiger partial charge in [-0.2, -0.15) is 36.7 Å². The van der Waals surface area contributed by atoms with E-state index in [1.807, 2.05) is 6.07 Å². The summed E-state index contributed by atoms with van der Waals surface area (Å²) < 4.78 is 84.6. The van der Waals surface area contributed by atoms with E-state index < -0.39 is 51.9 Å². The van der Waals surface area contributed by atoms with Gasteiger partial charge in [0.2, 0.25) is 0 Å². The third-order valence-electron chi connectivity index (χ3n) is 5.55. The molecule has 1 aromatic heterocycles. The summed E-state index contributed by atoms with van der Waals surface area (Å²) in [6.45, 7) is -0.853. The van der Waals surface area contributed by atoms with Gasteiger partial charge < -0.3 is 0 Å². The number of alkyl halides is 6. The van der Waals surface area contributed by atoms with Crippen LogP contribution in [0.25, 0.3) is 5.69 Å². The van der Waals surface area contributed by atoms with Crippen molar-refractivity contribution in [2.45, 2.75) is 24.2 Å². The second kappa shape index (κ2) is 8.29. The molecule has 0 aliphatic carbocycles. The fraction of sp³-hybridized carbons (Fsp3) is 0.238. The summed E-state index contributed by atoms with van der Waals surface area (Å²) in [6.07, 6.45) is -8.12. The molecule has 0 radical (unpaired) electrons. The first kappa shape index (κ1) is 24.0. The van der Waals surface area contributed by atoms with Gasteiger partial charge in [0.05, 0.1) is 33.4 Å². The van der Waals surface area contributed by atoms with Crippen LogP contribution in [0, 0.1) is 11.3 Å². The van der Waals surface area contributed by atoms with E-state index >= 15 is 0 Å². The molecule has 1 aliphatic rings. The summed E-state index contributed by atoms with van der Waals surface area (Å²) in [6, 6.07) is 7.38.